The molecule has 0 heteroatoms. The molecule has 0 amide bonds. The van der Waals surface area contributed by atoms with Crippen LogP contribution < -0.4 is 0 Å². The minimum Gasteiger partial charge on any atom is -0.0836 e. The van der Waals surface area contributed by atoms with E-state index in [1.54, 1.807) is 0 Å². The maximum absolute atomic E-state index is 7.91. The second-order valence-electron chi connectivity index (χ2n) is 4.30. The van der Waals surface area contributed by atoms with Gasteiger partial charge < -0.3 is 0 Å². The Balaban J connectivity index is 2.69. The molecule has 1 rings (SSSR count). The van der Waals surface area contributed by atoms with Crippen LogP contribution in [0.25, 0.3) is 0 Å². The molecule has 0 N–H and O–H groups in total. The van der Waals surface area contributed by atoms with Gasteiger partial charge in [0.05, 0.1) is 0 Å². The summed E-state index contributed by atoms with van der Waals surface area (Å²) in [5.41, 5.74) is 1.21. The lowest BCUT2D eigenvalue weighted by molar-refractivity contribution is 0.542. The maximum Gasteiger partial charge on any atom is 0.0359 e. The summed E-state index contributed by atoms with van der Waals surface area (Å²) in [6.45, 7) is 6.42. The van der Waals surface area contributed by atoms with Crippen LogP contribution in [0.2, 0.25) is 0 Å². The van der Waals surface area contributed by atoms with Crippen molar-refractivity contribution >= 4 is 0 Å². The van der Waals surface area contributed by atoms with Crippen molar-refractivity contribution in [2.75, 3.05) is 0 Å². The van der Waals surface area contributed by atoms with Gasteiger partial charge in [0, 0.05) is 1.37 Å². The van der Waals surface area contributed by atoms with E-state index in [1.807, 2.05) is 36.4 Å². The predicted octanol–water partition coefficient (Wildman–Crippen LogP) is 3.83. The van der Waals surface area contributed by atoms with E-state index in [0.29, 0.717) is 0 Å². The number of rotatable bonds is 2. The zero-order valence-electron chi connectivity index (χ0n) is 9.62. The van der Waals surface area contributed by atoms with Crippen molar-refractivity contribution in [3.63, 3.8) is 0 Å². The maximum atomic E-state index is 7.91. The van der Waals surface area contributed by atoms with Gasteiger partial charge in [-0.05, 0) is 17.4 Å². The van der Waals surface area contributed by atoms with Gasteiger partial charge in [0.1, 0.15) is 0 Å². The molecule has 0 fully saturated rings. The van der Waals surface area contributed by atoms with Crippen molar-refractivity contribution in [1.82, 2.24) is 0 Å². The van der Waals surface area contributed by atoms with Gasteiger partial charge in [-0.3, -0.25) is 0 Å². The van der Waals surface area contributed by atoms with E-state index in [9.17, 15) is 0 Å². The molecule has 0 saturated carbocycles. The molecule has 0 saturated heterocycles. The SMILES string of the molecule is [3H]C(/C=C/C(C)(C)C)c1ccccc1. The molecule has 1 atom stereocenters. The van der Waals surface area contributed by atoms with Gasteiger partial charge in [-0.15, -0.1) is 0 Å². The Hall–Kier alpha value is -1.04. The third kappa shape index (κ3) is 4.51. The van der Waals surface area contributed by atoms with Crippen LogP contribution in [0.3, 0.4) is 0 Å². The van der Waals surface area contributed by atoms with Crippen LogP contribution in [-0.4, -0.2) is 0 Å². The highest BCUT2D eigenvalue weighted by Crippen LogP contribution is 2.15. The lowest BCUT2D eigenvalue weighted by Gasteiger charge is -2.10. The molecule has 0 aliphatic rings. The van der Waals surface area contributed by atoms with Crippen LogP contribution in [0.5, 0.6) is 0 Å². The highest BCUT2D eigenvalue weighted by atomic mass is 14.1. The molecule has 0 heterocycles. The van der Waals surface area contributed by atoms with Gasteiger partial charge in [-0.1, -0.05) is 63.3 Å². The number of benzene rings is 1. The molecule has 0 aromatic heterocycles. The number of hydrogen-bond donors (Lipinski definition) is 0. The number of allylic oxidation sites excluding steroid dienone is 2. The smallest absolute Gasteiger partial charge is 0.0359 e. The van der Waals surface area contributed by atoms with Crippen LogP contribution in [0.15, 0.2) is 42.5 Å². The van der Waals surface area contributed by atoms with E-state index in [1.165, 1.54) is 0 Å². The zero-order valence-corrected chi connectivity index (χ0v) is 8.62. The summed E-state index contributed by atoms with van der Waals surface area (Å²) in [7, 11) is 0. The summed E-state index contributed by atoms with van der Waals surface area (Å²) in [5, 5.41) is 0. The Morgan fingerprint density at radius 1 is 1.23 bits per heavy atom. The van der Waals surface area contributed by atoms with E-state index in [4.69, 9.17) is 1.37 Å². The second-order valence-corrected chi connectivity index (χ2v) is 4.30. The quantitative estimate of drug-likeness (QED) is 0.601. The van der Waals surface area contributed by atoms with Gasteiger partial charge in [0.2, 0.25) is 0 Å². The van der Waals surface area contributed by atoms with E-state index in [0.717, 1.165) is 5.56 Å². The van der Waals surface area contributed by atoms with Crippen LogP contribution >= 0.6 is 0 Å². The summed E-state index contributed by atoms with van der Waals surface area (Å²) in [6.07, 6.45) is 3.81. The Morgan fingerprint density at radius 3 is 2.38 bits per heavy atom. The van der Waals surface area contributed by atoms with Crippen molar-refractivity contribution in [3.8, 4) is 0 Å². The molecular weight excluding hydrogens is 156 g/mol. The van der Waals surface area contributed by atoms with Gasteiger partial charge >= 0.3 is 0 Å². The van der Waals surface area contributed by atoms with Crippen molar-refractivity contribution in [1.29, 1.82) is 0 Å². The number of hydrogen-bond acceptors (Lipinski definition) is 0. The standard InChI is InChI=1S/C13H18/c1-13(2,3)11-7-10-12-8-5-4-6-9-12/h4-9,11H,10H2,1-3H3/b11-7+/i10T. The predicted molar refractivity (Wildman–Crippen MR) is 58.7 cm³/mol. The molecule has 0 spiro atoms. The lowest BCUT2D eigenvalue weighted by Crippen LogP contribution is -1.98. The van der Waals surface area contributed by atoms with Crippen molar-refractivity contribution in [3.05, 3.63) is 48.0 Å². The molecule has 1 aromatic rings. The highest BCUT2D eigenvalue weighted by Gasteiger charge is 2.02. The molecule has 1 unspecified atom stereocenters. The fourth-order valence-electron chi connectivity index (χ4n) is 1.01. The van der Waals surface area contributed by atoms with E-state index < -0.39 is 0 Å². The van der Waals surface area contributed by atoms with Gasteiger partial charge in [0.25, 0.3) is 0 Å². The van der Waals surface area contributed by atoms with E-state index in [-0.39, 0.29) is 11.8 Å². The van der Waals surface area contributed by atoms with Crippen LogP contribution in [0.1, 0.15) is 27.7 Å². The average molecular weight is 176 g/mol. The summed E-state index contributed by atoms with van der Waals surface area (Å²) >= 11 is 0. The molecule has 0 radical (unpaired) electrons. The summed E-state index contributed by atoms with van der Waals surface area (Å²) in [5.74, 6) is 0. The van der Waals surface area contributed by atoms with Gasteiger partial charge in [0.15, 0.2) is 0 Å². The molecule has 0 nitrogen and oxygen atoms in total. The first kappa shape index (κ1) is 8.55. The largest absolute Gasteiger partial charge is 0.0836 e. The summed E-state index contributed by atoms with van der Waals surface area (Å²) in [4.78, 5) is 0. The first-order valence-corrected chi connectivity index (χ1v) is 4.65. The zero-order chi connectivity index (χ0) is 10.6. The van der Waals surface area contributed by atoms with Crippen LogP contribution in [-0.2, 0) is 6.40 Å². The first-order valence-electron chi connectivity index (χ1n) is 5.23. The first-order chi connectivity index (χ1) is 6.49. The van der Waals surface area contributed by atoms with Crippen molar-refractivity contribution in [2.24, 2.45) is 5.41 Å². The van der Waals surface area contributed by atoms with Gasteiger partial charge in [-0.2, -0.15) is 0 Å². The Bertz CT molecular complexity index is 293. The Morgan fingerprint density at radius 2 is 1.85 bits per heavy atom. The fourth-order valence-corrected chi connectivity index (χ4v) is 1.01. The third-order valence-electron chi connectivity index (χ3n) is 1.68. The minimum absolute atomic E-state index is 0.161. The molecule has 0 bridgehead atoms. The monoisotopic (exact) mass is 176 g/mol. The molecular formula is C13H18. The minimum atomic E-state index is -0.240. The Kier molecular flexibility index (Phi) is 2.81. The topological polar surface area (TPSA) is 0 Å². The van der Waals surface area contributed by atoms with E-state index >= 15 is 0 Å². The van der Waals surface area contributed by atoms with Gasteiger partial charge in [-0.25, -0.2) is 0 Å². The fraction of sp³-hybridized carbons (Fsp3) is 0.385. The van der Waals surface area contributed by atoms with Crippen LogP contribution in [0, 0.1) is 5.41 Å². The molecule has 0 aliphatic carbocycles. The summed E-state index contributed by atoms with van der Waals surface area (Å²) < 4.78 is 7.91. The van der Waals surface area contributed by atoms with Crippen molar-refractivity contribution < 1.29 is 1.37 Å². The lowest BCUT2D eigenvalue weighted by atomic mass is 9.95. The van der Waals surface area contributed by atoms with E-state index in [2.05, 4.69) is 26.8 Å². The summed E-state index contributed by atoms with van der Waals surface area (Å²) in [6, 6.07) is 9.91. The highest BCUT2D eigenvalue weighted by molar-refractivity contribution is 5.17. The molecule has 13 heavy (non-hydrogen) atoms. The molecule has 1 aromatic carbocycles. The van der Waals surface area contributed by atoms with Crippen molar-refractivity contribution in [2.45, 2.75) is 27.2 Å². The third-order valence-corrected chi connectivity index (χ3v) is 1.68. The second kappa shape index (κ2) is 4.27. The molecule has 70 valence electrons. The normalized spacial score (nSPS) is 15.8. The Labute approximate surface area is 82.7 Å². The van der Waals surface area contributed by atoms with Crippen LogP contribution in [0.4, 0.5) is 0 Å². The average Bonchev–Trinajstić information content (AvgIpc) is 2.14. The molecule has 0 aliphatic heterocycles.